The van der Waals surface area contributed by atoms with Crippen molar-refractivity contribution in [1.82, 2.24) is 0 Å². The molecular weight excluding hydrogens is 237 g/mol. The van der Waals surface area contributed by atoms with E-state index in [4.69, 9.17) is 0 Å². The van der Waals surface area contributed by atoms with Crippen LogP contribution in [0.25, 0.3) is 0 Å². The Morgan fingerprint density at radius 2 is 2.25 bits per heavy atom. The molecule has 0 fully saturated rings. The molecule has 0 bridgehead atoms. The summed E-state index contributed by atoms with van der Waals surface area (Å²) in [6, 6.07) is 0. The molecule has 0 rings (SSSR count). The Morgan fingerprint density at radius 3 is 2.25 bits per heavy atom. The van der Waals surface area contributed by atoms with Gasteiger partial charge in [0.2, 0.25) is 0 Å². The minimum atomic E-state index is -0.349. The first-order valence-corrected chi connectivity index (χ1v) is 10.2. The third-order valence-electron chi connectivity index (χ3n) is 0.289. The molecule has 0 aromatic rings. The van der Waals surface area contributed by atoms with Crippen LogP contribution in [0, 0.1) is 0 Å². The van der Waals surface area contributed by atoms with E-state index in [1.807, 2.05) is 0 Å². The van der Waals surface area contributed by atoms with Gasteiger partial charge in [0, 0.05) is 0 Å². The fourth-order valence-corrected chi connectivity index (χ4v) is 0. The van der Waals surface area contributed by atoms with Crippen LogP contribution in [0.15, 0.2) is 10.2 Å². The van der Waals surface area contributed by atoms with E-state index in [-0.39, 0.29) is 24.6 Å². The van der Waals surface area contributed by atoms with E-state index in [2.05, 4.69) is 14.6 Å². The molecule has 0 atom stereocenters. The van der Waals surface area contributed by atoms with Gasteiger partial charge in [0.05, 0.1) is 0 Å². The molecule has 0 aromatic heterocycles. The summed E-state index contributed by atoms with van der Waals surface area (Å²) in [5.41, 5.74) is 0. The van der Waals surface area contributed by atoms with E-state index in [0.717, 1.165) is 0 Å². The maximum absolute atomic E-state index is 3.58. The predicted octanol–water partition coefficient (Wildman–Crippen LogP) is 1.26. The van der Waals surface area contributed by atoms with Crippen LogP contribution >= 0.6 is 0 Å². The summed E-state index contributed by atoms with van der Waals surface area (Å²) in [5, 5.41) is 0. The molecule has 0 amide bonds. The Bertz CT molecular complexity index is 17.2. The van der Waals surface area contributed by atoms with Gasteiger partial charge in [0.25, 0.3) is 0 Å². The Morgan fingerprint density at radius 1 is 2.00 bits per heavy atom. The number of rotatable bonds is 1. The van der Waals surface area contributed by atoms with Crippen molar-refractivity contribution < 1.29 is 24.6 Å². The van der Waals surface area contributed by atoms with Gasteiger partial charge < -0.3 is 0 Å². The fourth-order valence-electron chi connectivity index (χ4n) is 0. The number of hydrogen-bond acceptors (Lipinski definition) is 0. The topological polar surface area (TPSA) is 0 Å². The van der Waals surface area contributed by atoms with E-state index < -0.39 is 0 Å². The van der Waals surface area contributed by atoms with Crippen molar-refractivity contribution in [2.75, 3.05) is 0 Å². The molecule has 0 saturated heterocycles. The van der Waals surface area contributed by atoms with Crippen LogP contribution in [0.3, 0.4) is 0 Å². The molecule has 0 spiro atoms. The molecule has 4 heavy (non-hydrogen) atoms. The molecule has 0 nitrogen and oxygen atoms in total. The average molecular weight is 243 g/mol. The second-order valence-electron chi connectivity index (χ2n) is 0.697. The third kappa shape index (κ3) is 2.68. The summed E-state index contributed by atoms with van der Waals surface area (Å²) in [5.74, 6) is 0. The Labute approximate surface area is 39.3 Å². The number of hydrogen-bond donors (Lipinski definition) is 0. The molecule has 0 aliphatic heterocycles. The van der Waals surface area contributed by atoms with Gasteiger partial charge in [-0.15, -0.1) is 0 Å². The van der Waals surface area contributed by atoms with E-state index in [0.29, 0.717) is 0 Å². The van der Waals surface area contributed by atoms with E-state index in [9.17, 15) is 0 Å². The molecule has 0 radical (unpaired) electrons. The van der Waals surface area contributed by atoms with Gasteiger partial charge in [-0.2, -0.15) is 0 Å². The Hall–Kier alpha value is 0.675. The van der Waals surface area contributed by atoms with E-state index >= 15 is 0 Å². The summed E-state index contributed by atoms with van der Waals surface area (Å²) < 4.78 is 4.38. The molecule has 0 saturated carbocycles. The Balaban J connectivity index is 2.30. The quantitative estimate of drug-likeness (QED) is 0.608. The monoisotopic (exact) mass is 244 g/mol. The molecule has 0 N–H and O–H groups in total. The minimum absolute atomic E-state index is 0.349. The summed E-state index contributed by atoms with van der Waals surface area (Å²) in [6.07, 6.45) is 0. The summed E-state index contributed by atoms with van der Waals surface area (Å²) in [6.45, 7) is 3.58. The van der Waals surface area contributed by atoms with Crippen molar-refractivity contribution in [2.24, 2.45) is 0 Å². The summed E-state index contributed by atoms with van der Waals surface area (Å²) in [4.78, 5) is 0. The van der Waals surface area contributed by atoms with E-state index in [1.165, 1.54) is 0 Å². The van der Waals surface area contributed by atoms with Gasteiger partial charge in [0.15, 0.2) is 0 Å². The SMILES string of the molecule is C=[CH][Hg][CH3]. The Kier molecular flexibility index (Phi) is 4.30. The van der Waals surface area contributed by atoms with E-state index in [1.54, 1.807) is 0 Å². The molecule has 0 aliphatic carbocycles. The molecule has 1 heteroatoms. The van der Waals surface area contributed by atoms with Crippen LogP contribution in [0.4, 0.5) is 0 Å². The molecule has 0 aliphatic rings. The average Bonchev–Trinajstić information content (AvgIpc) is 1.37. The van der Waals surface area contributed by atoms with Crippen LogP contribution in [0.2, 0.25) is 4.43 Å². The molecular formula is C3H6Hg. The first-order chi connectivity index (χ1) is 1.91. The fraction of sp³-hybridized carbons (Fsp3) is 0.333. The second-order valence-corrected chi connectivity index (χ2v) is 6.12. The zero-order chi connectivity index (χ0) is 3.41. The first kappa shape index (κ1) is 4.68. The zero-order valence-corrected chi connectivity index (χ0v) is 8.49. The van der Waals surface area contributed by atoms with Crippen molar-refractivity contribution in [3.8, 4) is 0 Å². The summed E-state index contributed by atoms with van der Waals surface area (Å²) in [7, 11) is 0. The second kappa shape index (κ2) is 3.68. The van der Waals surface area contributed by atoms with Gasteiger partial charge in [0.1, 0.15) is 0 Å². The van der Waals surface area contributed by atoms with Crippen LogP contribution in [0.1, 0.15) is 0 Å². The van der Waals surface area contributed by atoms with Crippen molar-refractivity contribution >= 4 is 0 Å². The van der Waals surface area contributed by atoms with Crippen molar-refractivity contribution in [1.29, 1.82) is 0 Å². The summed E-state index contributed by atoms with van der Waals surface area (Å²) >= 11 is -0.349. The normalized spacial score (nSPS) is 4.25. The van der Waals surface area contributed by atoms with Crippen molar-refractivity contribution in [3.05, 3.63) is 10.2 Å². The van der Waals surface area contributed by atoms with Gasteiger partial charge in [-0.1, -0.05) is 0 Å². The third-order valence-corrected chi connectivity index (χ3v) is 2.53. The zero-order valence-electron chi connectivity index (χ0n) is 2.99. The van der Waals surface area contributed by atoms with Crippen molar-refractivity contribution in [3.63, 3.8) is 0 Å². The van der Waals surface area contributed by atoms with Gasteiger partial charge >= 0.3 is 39.2 Å². The van der Waals surface area contributed by atoms with Crippen molar-refractivity contribution in [2.45, 2.75) is 4.43 Å². The molecule has 0 heterocycles. The molecule has 0 unspecified atom stereocenters. The van der Waals surface area contributed by atoms with Crippen LogP contribution in [-0.4, -0.2) is 0 Å². The maximum atomic E-state index is 3.58. The van der Waals surface area contributed by atoms with Gasteiger partial charge in [-0.05, 0) is 0 Å². The van der Waals surface area contributed by atoms with Crippen LogP contribution in [-0.2, 0) is 24.6 Å². The van der Waals surface area contributed by atoms with Crippen LogP contribution in [0.5, 0.6) is 0 Å². The van der Waals surface area contributed by atoms with Gasteiger partial charge in [-0.25, -0.2) is 0 Å². The van der Waals surface area contributed by atoms with Crippen LogP contribution < -0.4 is 0 Å². The standard InChI is InChI=1S/C2H3.CH3.Hg/c1-2;;/h1H,2H2;1H3;. The van der Waals surface area contributed by atoms with Gasteiger partial charge in [-0.3, -0.25) is 0 Å². The first-order valence-electron chi connectivity index (χ1n) is 1.52. The predicted molar refractivity (Wildman–Crippen MR) is 16.1 cm³/mol. The molecule has 20 valence electrons. The molecule has 0 aromatic carbocycles.